The summed E-state index contributed by atoms with van der Waals surface area (Å²) in [6.07, 6.45) is 3.49. The van der Waals surface area contributed by atoms with Gasteiger partial charge in [-0.25, -0.2) is 8.42 Å². The molecule has 1 heterocycles. The van der Waals surface area contributed by atoms with Crippen LogP contribution < -0.4 is 5.32 Å². The van der Waals surface area contributed by atoms with Gasteiger partial charge in [0, 0.05) is 12.6 Å². The molecule has 1 saturated heterocycles. The van der Waals surface area contributed by atoms with Crippen LogP contribution in [-0.4, -0.2) is 44.2 Å². The van der Waals surface area contributed by atoms with Crippen molar-refractivity contribution in [3.63, 3.8) is 0 Å². The van der Waals surface area contributed by atoms with Crippen LogP contribution in [0.15, 0.2) is 0 Å². The number of halogens is 1. The first-order chi connectivity index (χ1) is 7.61. The topological polar surface area (TPSA) is 49.4 Å². The first kappa shape index (κ1) is 17.2. The zero-order chi connectivity index (χ0) is 12.0. The molecular weight excluding hydrogens is 260 g/mol. The van der Waals surface area contributed by atoms with Gasteiger partial charge >= 0.3 is 0 Å². The molecule has 0 atom stereocenters. The molecule has 1 aliphatic heterocycles. The summed E-state index contributed by atoms with van der Waals surface area (Å²) in [5, 5.41) is 3.27. The van der Waals surface area contributed by atoms with Gasteiger partial charge in [-0.05, 0) is 38.8 Å². The SMILES string of the molecule is CCCN(C1CCNCC1)S(=O)(=O)CCC.Cl. The van der Waals surface area contributed by atoms with Gasteiger partial charge in [-0.1, -0.05) is 13.8 Å². The van der Waals surface area contributed by atoms with Gasteiger partial charge in [-0.2, -0.15) is 4.31 Å². The van der Waals surface area contributed by atoms with E-state index in [9.17, 15) is 8.42 Å². The zero-order valence-corrected chi connectivity index (χ0v) is 12.4. The molecule has 0 aliphatic carbocycles. The molecular formula is C11H25ClN2O2S. The molecule has 0 aromatic heterocycles. The van der Waals surface area contributed by atoms with Gasteiger partial charge in [0.2, 0.25) is 10.0 Å². The van der Waals surface area contributed by atoms with Crippen molar-refractivity contribution in [1.29, 1.82) is 0 Å². The second-order valence-electron chi connectivity index (χ2n) is 4.41. The Bertz CT molecular complexity index is 290. The number of piperidine rings is 1. The standard InChI is InChI=1S/C11H24N2O2S.ClH/c1-3-9-13(16(14,15)10-4-2)11-5-7-12-8-6-11;/h11-12H,3-10H2,1-2H3;1H. The van der Waals surface area contributed by atoms with E-state index in [-0.39, 0.29) is 24.2 Å². The van der Waals surface area contributed by atoms with E-state index < -0.39 is 10.0 Å². The highest BCUT2D eigenvalue weighted by Gasteiger charge is 2.29. The molecule has 1 rings (SSSR count). The Morgan fingerprint density at radius 3 is 2.24 bits per heavy atom. The van der Waals surface area contributed by atoms with Gasteiger partial charge in [0.1, 0.15) is 0 Å². The van der Waals surface area contributed by atoms with Crippen LogP contribution in [0.4, 0.5) is 0 Å². The summed E-state index contributed by atoms with van der Waals surface area (Å²) < 4.78 is 26.0. The summed E-state index contributed by atoms with van der Waals surface area (Å²) in [6.45, 7) is 6.51. The zero-order valence-electron chi connectivity index (χ0n) is 10.8. The van der Waals surface area contributed by atoms with Crippen molar-refractivity contribution in [3.05, 3.63) is 0 Å². The first-order valence-corrected chi connectivity index (χ1v) is 7.93. The molecule has 0 aromatic carbocycles. The summed E-state index contributed by atoms with van der Waals surface area (Å²) >= 11 is 0. The largest absolute Gasteiger partial charge is 0.317 e. The molecule has 17 heavy (non-hydrogen) atoms. The fourth-order valence-corrected chi connectivity index (χ4v) is 4.12. The van der Waals surface area contributed by atoms with Crippen molar-refractivity contribution < 1.29 is 8.42 Å². The van der Waals surface area contributed by atoms with Crippen molar-refractivity contribution in [3.8, 4) is 0 Å². The van der Waals surface area contributed by atoms with Gasteiger partial charge in [0.15, 0.2) is 0 Å². The lowest BCUT2D eigenvalue weighted by Gasteiger charge is -2.33. The third kappa shape index (κ3) is 5.12. The maximum absolute atomic E-state index is 12.1. The smallest absolute Gasteiger partial charge is 0.214 e. The number of nitrogens with zero attached hydrogens (tertiary/aromatic N) is 1. The molecule has 0 unspecified atom stereocenters. The van der Waals surface area contributed by atoms with Crippen LogP contribution in [0.2, 0.25) is 0 Å². The van der Waals surface area contributed by atoms with Crippen LogP contribution in [0.25, 0.3) is 0 Å². The Morgan fingerprint density at radius 2 is 1.76 bits per heavy atom. The minimum atomic E-state index is -3.03. The Labute approximate surface area is 112 Å². The lowest BCUT2D eigenvalue weighted by Crippen LogP contribution is -2.47. The van der Waals surface area contributed by atoms with Crippen LogP contribution in [-0.2, 0) is 10.0 Å². The Morgan fingerprint density at radius 1 is 1.18 bits per heavy atom. The number of rotatable bonds is 6. The summed E-state index contributed by atoms with van der Waals surface area (Å²) in [7, 11) is -3.03. The van der Waals surface area contributed by atoms with Crippen molar-refractivity contribution in [2.75, 3.05) is 25.4 Å². The molecule has 1 N–H and O–H groups in total. The molecule has 4 nitrogen and oxygen atoms in total. The van der Waals surface area contributed by atoms with Crippen LogP contribution in [0, 0.1) is 0 Å². The van der Waals surface area contributed by atoms with Crippen LogP contribution in [0.1, 0.15) is 39.5 Å². The minimum absolute atomic E-state index is 0. The Hall–Kier alpha value is 0.160. The normalized spacial score (nSPS) is 18.1. The monoisotopic (exact) mass is 284 g/mol. The van der Waals surface area contributed by atoms with Gasteiger partial charge in [0.25, 0.3) is 0 Å². The molecule has 0 radical (unpaired) electrons. The fraction of sp³-hybridized carbons (Fsp3) is 1.00. The van der Waals surface area contributed by atoms with E-state index in [4.69, 9.17) is 0 Å². The van der Waals surface area contributed by atoms with Gasteiger partial charge in [-0.3, -0.25) is 0 Å². The second-order valence-corrected chi connectivity index (χ2v) is 6.45. The highest BCUT2D eigenvalue weighted by atomic mass is 35.5. The fourth-order valence-electron chi connectivity index (χ4n) is 2.24. The summed E-state index contributed by atoms with van der Waals surface area (Å²) in [5.41, 5.74) is 0. The van der Waals surface area contributed by atoms with E-state index in [1.807, 2.05) is 13.8 Å². The van der Waals surface area contributed by atoms with Gasteiger partial charge in [-0.15, -0.1) is 12.4 Å². The second kappa shape index (κ2) is 8.29. The summed E-state index contributed by atoms with van der Waals surface area (Å²) in [6, 6.07) is 0.220. The van der Waals surface area contributed by atoms with Crippen LogP contribution >= 0.6 is 12.4 Å². The third-order valence-corrected chi connectivity index (χ3v) is 5.10. The molecule has 0 spiro atoms. The number of hydrogen-bond donors (Lipinski definition) is 1. The molecule has 104 valence electrons. The summed E-state index contributed by atoms with van der Waals surface area (Å²) in [4.78, 5) is 0. The lowest BCUT2D eigenvalue weighted by atomic mass is 10.1. The van der Waals surface area contributed by atoms with E-state index >= 15 is 0 Å². The highest BCUT2D eigenvalue weighted by molar-refractivity contribution is 7.89. The Balaban J connectivity index is 0.00000256. The average molecular weight is 285 g/mol. The number of sulfonamides is 1. The third-order valence-electron chi connectivity index (χ3n) is 2.98. The van der Waals surface area contributed by atoms with Crippen molar-refractivity contribution in [2.24, 2.45) is 0 Å². The van der Waals surface area contributed by atoms with Crippen molar-refractivity contribution >= 4 is 22.4 Å². The maximum atomic E-state index is 12.1. The predicted molar refractivity (Wildman–Crippen MR) is 74.2 cm³/mol. The summed E-state index contributed by atoms with van der Waals surface area (Å²) in [5.74, 6) is 0.289. The van der Waals surface area contributed by atoms with E-state index in [2.05, 4.69) is 5.32 Å². The molecule has 1 aliphatic rings. The number of hydrogen-bond acceptors (Lipinski definition) is 3. The van der Waals surface area contributed by atoms with Crippen LogP contribution in [0.5, 0.6) is 0 Å². The molecule has 0 saturated carbocycles. The Kier molecular flexibility index (Phi) is 8.37. The van der Waals surface area contributed by atoms with E-state index in [1.54, 1.807) is 4.31 Å². The first-order valence-electron chi connectivity index (χ1n) is 6.32. The molecule has 0 aromatic rings. The quantitative estimate of drug-likeness (QED) is 0.806. The van der Waals surface area contributed by atoms with E-state index in [1.165, 1.54) is 0 Å². The molecule has 0 amide bonds. The predicted octanol–water partition coefficient (Wildman–Crippen LogP) is 1.61. The van der Waals surface area contributed by atoms with E-state index in [0.717, 1.165) is 32.4 Å². The number of nitrogens with one attached hydrogen (secondary N) is 1. The van der Waals surface area contributed by atoms with Crippen LogP contribution in [0.3, 0.4) is 0 Å². The molecule has 1 fully saturated rings. The maximum Gasteiger partial charge on any atom is 0.214 e. The highest BCUT2D eigenvalue weighted by Crippen LogP contribution is 2.17. The lowest BCUT2D eigenvalue weighted by molar-refractivity contribution is 0.262. The molecule has 6 heteroatoms. The minimum Gasteiger partial charge on any atom is -0.317 e. The molecule has 0 bridgehead atoms. The van der Waals surface area contributed by atoms with Crippen molar-refractivity contribution in [2.45, 2.75) is 45.6 Å². The van der Waals surface area contributed by atoms with E-state index in [0.29, 0.717) is 13.0 Å². The average Bonchev–Trinajstić information content (AvgIpc) is 2.27. The van der Waals surface area contributed by atoms with Gasteiger partial charge < -0.3 is 5.32 Å². The van der Waals surface area contributed by atoms with Gasteiger partial charge in [0.05, 0.1) is 5.75 Å². The van der Waals surface area contributed by atoms with Crippen molar-refractivity contribution in [1.82, 2.24) is 9.62 Å².